The predicted molar refractivity (Wildman–Crippen MR) is 79.4 cm³/mol. The van der Waals surface area contributed by atoms with E-state index in [1.54, 1.807) is 0 Å². The molecule has 1 saturated carbocycles. The second-order valence-electron chi connectivity index (χ2n) is 5.90. The molecule has 2 aromatic heterocycles. The number of piperidine rings is 1. The Balaban J connectivity index is 0.00000132. The molecule has 6 nitrogen and oxygen atoms in total. The maximum atomic E-state index is 5.61. The van der Waals surface area contributed by atoms with Crippen LogP contribution in [0.15, 0.2) is 23.0 Å². The van der Waals surface area contributed by atoms with Crippen LogP contribution >= 0.6 is 12.4 Å². The quantitative estimate of drug-likeness (QED) is 0.932. The second kappa shape index (κ2) is 5.77. The van der Waals surface area contributed by atoms with E-state index in [-0.39, 0.29) is 17.9 Å². The molecule has 3 heterocycles. The Hall–Kier alpha value is -1.40. The summed E-state index contributed by atoms with van der Waals surface area (Å²) in [6.45, 7) is 1.89. The van der Waals surface area contributed by atoms with Gasteiger partial charge in [-0.1, -0.05) is 5.16 Å². The number of aromatic nitrogens is 4. The SMILES string of the molecule is Cl.c1cnn(C2(c3nc(CC4CC4)no3)CCNCC2)c1. The summed E-state index contributed by atoms with van der Waals surface area (Å²) in [5, 5.41) is 12.0. The van der Waals surface area contributed by atoms with Crippen molar-refractivity contribution in [2.75, 3.05) is 13.1 Å². The van der Waals surface area contributed by atoms with Crippen molar-refractivity contribution in [1.82, 2.24) is 25.2 Å². The second-order valence-corrected chi connectivity index (χ2v) is 5.90. The van der Waals surface area contributed by atoms with Gasteiger partial charge in [0.15, 0.2) is 5.82 Å². The predicted octanol–water partition coefficient (Wildman–Crippen LogP) is 1.77. The van der Waals surface area contributed by atoms with Gasteiger partial charge in [0.05, 0.1) is 0 Å². The highest BCUT2D eigenvalue weighted by atomic mass is 35.5. The first-order valence-corrected chi connectivity index (χ1v) is 7.41. The molecule has 0 atom stereocenters. The van der Waals surface area contributed by atoms with E-state index >= 15 is 0 Å². The number of hydrogen-bond acceptors (Lipinski definition) is 5. The van der Waals surface area contributed by atoms with E-state index in [0.717, 1.165) is 50.0 Å². The van der Waals surface area contributed by atoms with Crippen molar-refractivity contribution in [1.29, 1.82) is 0 Å². The van der Waals surface area contributed by atoms with Gasteiger partial charge in [-0.05, 0) is 50.8 Å². The molecule has 0 spiro atoms. The normalized spacial score (nSPS) is 21.0. The summed E-state index contributed by atoms with van der Waals surface area (Å²) < 4.78 is 7.60. The van der Waals surface area contributed by atoms with Crippen molar-refractivity contribution in [2.45, 2.75) is 37.6 Å². The van der Waals surface area contributed by atoms with Gasteiger partial charge in [-0.25, -0.2) is 0 Å². The van der Waals surface area contributed by atoms with Gasteiger partial charge in [0, 0.05) is 18.8 Å². The van der Waals surface area contributed by atoms with Gasteiger partial charge in [-0.3, -0.25) is 4.68 Å². The van der Waals surface area contributed by atoms with Crippen LogP contribution in [0.2, 0.25) is 0 Å². The minimum Gasteiger partial charge on any atom is -0.337 e. The zero-order valence-corrected chi connectivity index (χ0v) is 12.7. The molecule has 0 bridgehead atoms. The number of nitrogens with zero attached hydrogens (tertiary/aromatic N) is 4. The lowest BCUT2D eigenvalue weighted by Gasteiger charge is -2.34. The lowest BCUT2D eigenvalue weighted by Crippen LogP contribution is -2.45. The van der Waals surface area contributed by atoms with E-state index in [0.29, 0.717) is 0 Å². The Bertz CT molecular complexity index is 572. The first-order chi connectivity index (χ1) is 9.87. The zero-order chi connectivity index (χ0) is 13.4. The number of nitrogens with one attached hydrogen (secondary N) is 1. The highest BCUT2D eigenvalue weighted by molar-refractivity contribution is 5.85. The van der Waals surface area contributed by atoms with Crippen molar-refractivity contribution in [2.24, 2.45) is 5.92 Å². The molecule has 0 radical (unpaired) electrons. The van der Waals surface area contributed by atoms with Crippen molar-refractivity contribution >= 4 is 12.4 Å². The molecule has 2 aliphatic rings. The van der Waals surface area contributed by atoms with Gasteiger partial charge in [0.25, 0.3) is 5.89 Å². The zero-order valence-electron chi connectivity index (χ0n) is 11.9. The number of hydrogen-bond donors (Lipinski definition) is 1. The molecule has 1 aliphatic heterocycles. The molecular weight excluding hydrogens is 290 g/mol. The molecule has 1 saturated heterocycles. The highest BCUT2D eigenvalue weighted by Gasteiger charge is 2.42. The van der Waals surface area contributed by atoms with Crippen molar-refractivity contribution < 1.29 is 4.52 Å². The summed E-state index contributed by atoms with van der Waals surface area (Å²) in [5.74, 6) is 2.35. The van der Waals surface area contributed by atoms with Crippen LogP contribution in [-0.2, 0) is 12.0 Å². The van der Waals surface area contributed by atoms with Crippen LogP contribution in [-0.4, -0.2) is 33.0 Å². The third-order valence-electron chi connectivity index (χ3n) is 4.41. The molecule has 1 aliphatic carbocycles. The Morgan fingerprint density at radius 3 is 2.81 bits per heavy atom. The largest absolute Gasteiger partial charge is 0.337 e. The third-order valence-corrected chi connectivity index (χ3v) is 4.41. The fourth-order valence-electron chi connectivity index (χ4n) is 3.01. The first kappa shape index (κ1) is 14.5. The van der Waals surface area contributed by atoms with Crippen molar-refractivity contribution in [3.8, 4) is 0 Å². The average Bonchev–Trinajstić information content (AvgIpc) is 2.97. The summed E-state index contributed by atoms with van der Waals surface area (Å²) in [5.41, 5.74) is -0.274. The minimum atomic E-state index is -0.274. The molecule has 21 heavy (non-hydrogen) atoms. The van der Waals surface area contributed by atoms with Gasteiger partial charge in [-0.15, -0.1) is 12.4 Å². The molecule has 2 fully saturated rings. The molecule has 0 aromatic carbocycles. The molecule has 2 aromatic rings. The molecule has 0 amide bonds. The average molecular weight is 310 g/mol. The Morgan fingerprint density at radius 2 is 2.14 bits per heavy atom. The molecule has 7 heteroatoms. The summed E-state index contributed by atoms with van der Waals surface area (Å²) >= 11 is 0. The van der Waals surface area contributed by atoms with Gasteiger partial charge in [0.2, 0.25) is 0 Å². The van der Waals surface area contributed by atoms with Crippen LogP contribution in [0.1, 0.15) is 37.4 Å². The fraction of sp³-hybridized carbons (Fsp3) is 0.643. The lowest BCUT2D eigenvalue weighted by atomic mass is 9.88. The standard InChI is InChI=1S/C14H19N5O.ClH/c1-6-16-19(9-1)14(4-7-15-8-5-14)13-17-12(18-20-13)10-11-2-3-11;/h1,6,9,11,15H,2-5,7-8,10H2;1H. The Labute approximate surface area is 129 Å². The topological polar surface area (TPSA) is 68.8 Å². The monoisotopic (exact) mass is 309 g/mol. The van der Waals surface area contributed by atoms with Crippen LogP contribution in [0.3, 0.4) is 0 Å². The third kappa shape index (κ3) is 2.70. The van der Waals surface area contributed by atoms with Crippen LogP contribution in [0.4, 0.5) is 0 Å². The lowest BCUT2D eigenvalue weighted by molar-refractivity contribution is 0.172. The van der Waals surface area contributed by atoms with Gasteiger partial charge in [0.1, 0.15) is 5.54 Å². The number of rotatable bonds is 4. The first-order valence-electron chi connectivity index (χ1n) is 7.41. The van der Waals surface area contributed by atoms with E-state index < -0.39 is 0 Å². The molecule has 1 N–H and O–H groups in total. The van der Waals surface area contributed by atoms with Crippen molar-refractivity contribution in [3.63, 3.8) is 0 Å². The van der Waals surface area contributed by atoms with Gasteiger partial charge >= 0.3 is 0 Å². The van der Waals surface area contributed by atoms with E-state index in [1.165, 1.54) is 12.8 Å². The van der Waals surface area contributed by atoms with E-state index in [2.05, 4.69) is 20.6 Å². The molecule has 4 rings (SSSR count). The maximum absolute atomic E-state index is 5.61. The smallest absolute Gasteiger partial charge is 0.254 e. The summed E-state index contributed by atoms with van der Waals surface area (Å²) in [6.07, 6.45) is 9.23. The summed E-state index contributed by atoms with van der Waals surface area (Å²) in [4.78, 5) is 4.68. The molecule has 0 unspecified atom stereocenters. The fourth-order valence-corrected chi connectivity index (χ4v) is 3.01. The van der Waals surface area contributed by atoms with Crippen LogP contribution in [0.25, 0.3) is 0 Å². The van der Waals surface area contributed by atoms with Crippen LogP contribution in [0, 0.1) is 5.92 Å². The van der Waals surface area contributed by atoms with E-state index in [1.807, 2.05) is 23.1 Å². The summed E-state index contributed by atoms with van der Waals surface area (Å²) in [6, 6.07) is 1.95. The van der Waals surface area contributed by atoms with Crippen LogP contribution < -0.4 is 5.32 Å². The van der Waals surface area contributed by atoms with E-state index in [9.17, 15) is 0 Å². The van der Waals surface area contributed by atoms with Gasteiger partial charge in [-0.2, -0.15) is 10.1 Å². The maximum Gasteiger partial charge on any atom is 0.254 e. The van der Waals surface area contributed by atoms with Crippen molar-refractivity contribution in [3.05, 3.63) is 30.2 Å². The Morgan fingerprint density at radius 1 is 1.33 bits per heavy atom. The Kier molecular flexibility index (Phi) is 3.99. The highest BCUT2D eigenvalue weighted by Crippen LogP contribution is 2.35. The molecular formula is C14H20ClN5O. The van der Waals surface area contributed by atoms with E-state index in [4.69, 9.17) is 4.52 Å². The van der Waals surface area contributed by atoms with Crippen LogP contribution in [0.5, 0.6) is 0 Å². The molecule has 114 valence electrons. The number of halogens is 1. The summed E-state index contributed by atoms with van der Waals surface area (Å²) in [7, 11) is 0. The van der Waals surface area contributed by atoms with Gasteiger partial charge < -0.3 is 9.84 Å². The minimum absolute atomic E-state index is 0.